The Morgan fingerprint density at radius 2 is 1.61 bits per heavy atom. The predicted octanol–water partition coefficient (Wildman–Crippen LogP) is 7.83. The quantitative estimate of drug-likeness (QED) is 0.115. The first-order valence-electron chi connectivity index (χ1n) is 28.3. The molecular formula is C60H94N2O14. The third kappa shape index (κ3) is 17.6. The molecule has 16 nitrogen and oxygen atoms in total. The smallest absolute Gasteiger partial charge is 0.329 e. The number of morpholine rings is 1. The zero-order valence-corrected chi connectivity index (χ0v) is 47.6. The highest BCUT2D eigenvalue weighted by atomic mass is 16.6. The highest BCUT2D eigenvalue weighted by Gasteiger charge is 2.53. The van der Waals surface area contributed by atoms with Crippen LogP contribution in [0.15, 0.2) is 59.8 Å². The molecule has 1 saturated carbocycles. The van der Waals surface area contributed by atoms with Crippen LogP contribution < -0.4 is 0 Å². The Balaban J connectivity index is 1.40. The van der Waals surface area contributed by atoms with Crippen LogP contribution in [0.1, 0.15) is 138 Å². The summed E-state index contributed by atoms with van der Waals surface area (Å²) in [6.45, 7) is 21.6. The summed E-state index contributed by atoms with van der Waals surface area (Å²) in [6.07, 6.45) is 13.8. The molecule has 4 heterocycles. The summed E-state index contributed by atoms with van der Waals surface area (Å²) in [5.74, 6) is -7.30. The van der Waals surface area contributed by atoms with Gasteiger partial charge in [-0.25, -0.2) is 4.79 Å². The van der Waals surface area contributed by atoms with Crippen LogP contribution in [-0.2, 0) is 57.1 Å². The summed E-state index contributed by atoms with van der Waals surface area (Å²) in [4.78, 5) is 74.3. The van der Waals surface area contributed by atoms with E-state index >= 15 is 0 Å². The molecule has 428 valence electrons. The average Bonchev–Trinajstić information content (AvgIpc) is 3.40. The molecule has 15 atom stereocenters. The van der Waals surface area contributed by atoms with Gasteiger partial charge in [-0.3, -0.25) is 24.1 Å². The van der Waals surface area contributed by atoms with Crippen molar-refractivity contribution in [1.29, 1.82) is 0 Å². The fourth-order valence-corrected chi connectivity index (χ4v) is 11.9. The zero-order chi connectivity index (χ0) is 55.7. The number of hydrogen-bond donors (Lipinski definition) is 2. The molecule has 5 rings (SSSR count). The fraction of sp³-hybridized carbons (Fsp3) is 0.750. The fourth-order valence-electron chi connectivity index (χ4n) is 11.9. The van der Waals surface area contributed by atoms with Gasteiger partial charge in [0.15, 0.2) is 0 Å². The van der Waals surface area contributed by atoms with E-state index in [2.05, 4.69) is 31.4 Å². The molecule has 0 aromatic rings. The second-order valence-electron chi connectivity index (χ2n) is 22.8. The number of ether oxygens (including phenoxy) is 7. The van der Waals surface area contributed by atoms with E-state index in [0.717, 1.165) is 43.6 Å². The minimum absolute atomic E-state index is 0.0130. The molecule has 4 fully saturated rings. The van der Waals surface area contributed by atoms with E-state index in [0.29, 0.717) is 83.0 Å². The van der Waals surface area contributed by atoms with E-state index in [1.807, 2.05) is 38.2 Å². The van der Waals surface area contributed by atoms with Gasteiger partial charge >= 0.3 is 11.9 Å². The summed E-state index contributed by atoms with van der Waals surface area (Å²) in [6, 6.07) is -1.14. The molecule has 1 aliphatic carbocycles. The number of esters is 2. The number of cyclic esters (lactones) is 1. The number of methoxy groups -OCH3 is 3. The number of aliphatic hydroxyl groups excluding tert-OH is 1. The molecule has 0 spiro atoms. The lowest BCUT2D eigenvalue weighted by Gasteiger charge is -2.42. The van der Waals surface area contributed by atoms with Crippen LogP contribution in [0.3, 0.4) is 0 Å². The van der Waals surface area contributed by atoms with Crippen LogP contribution in [0.4, 0.5) is 0 Å². The Kier molecular flexibility index (Phi) is 25.3. The van der Waals surface area contributed by atoms with Crippen LogP contribution in [-0.4, -0.2) is 165 Å². The Bertz CT molecular complexity index is 2060. The molecule has 3 saturated heterocycles. The number of aliphatic hydroxyl groups is 2. The van der Waals surface area contributed by atoms with Crippen molar-refractivity contribution < 1.29 is 67.3 Å². The number of fused-ring (bicyclic) bond motifs is 3. The molecule has 0 aromatic heterocycles. The molecule has 1 amide bonds. The van der Waals surface area contributed by atoms with E-state index < -0.39 is 77.9 Å². The van der Waals surface area contributed by atoms with Crippen molar-refractivity contribution in [2.75, 3.05) is 60.7 Å². The minimum atomic E-state index is -2.43. The number of nitrogens with zero attached hydrogens (tertiary/aromatic N) is 2. The Labute approximate surface area is 454 Å². The Morgan fingerprint density at radius 1 is 0.868 bits per heavy atom. The third-order valence-electron chi connectivity index (χ3n) is 16.9. The summed E-state index contributed by atoms with van der Waals surface area (Å²) >= 11 is 0. The molecule has 0 radical (unpaired) electrons. The van der Waals surface area contributed by atoms with Gasteiger partial charge in [0.25, 0.3) is 11.7 Å². The third-order valence-corrected chi connectivity index (χ3v) is 16.9. The van der Waals surface area contributed by atoms with Gasteiger partial charge in [-0.15, -0.1) is 0 Å². The van der Waals surface area contributed by atoms with Crippen molar-refractivity contribution in [3.8, 4) is 0 Å². The van der Waals surface area contributed by atoms with Gasteiger partial charge in [0.2, 0.25) is 5.79 Å². The molecule has 2 N–H and O–H groups in total. The first-order chi connectivity index (χ1) is 36.2. The number of Topliss-reactive ketones (excluding diaryl/α,β-unsaturated/α-hetero) is 2. The van der Waals surface area contributed by atoms with Crippen LogP contribution >= 0.6 is 0 Å². The van der Waals surface area contributed by atoms with E-state index in [1.165, 1.54) is 12.0 Å². The van der Waals surface area contributed by atoms with E-state index in [9.17, 15) is 34.2 Å². The Hall–Kier alpha value is -3.87. The second-order valence-corrected chi connectivity index (χ2v) is 22.8. The van der Waals surface area contributed by atoms with E-state index in [1.54, 1.807) is 41.1 Å². The van der Waals surface area contributed by atoms with Gasteiger partial charge in [-0.1, -0.05) is 77.7 Å². The number of carbonyl (C=O) groups is 5. The van der Waals surface area contributed by atoms with Crippen LogP contribution in [0.5, 0.6) is 0 Å². The first-order valence-corrected chi connectivity index (χ1v) is 28.3. The molecule has 4 aliphatic heterocycles. The van der Waals surface area contributed by atoms with Gasteiger partial charge in [-0.2, -0.15) is 0 Å². The molecule has 5 aliphatic rings. The second kappa shape index (κ2) is 30.5. The molecule has 2 bridgehead atoms. The molecule has 76 heavy (non-hydrogen) atoms. The molecular weight excluding hydrogens is 973 g/mol. The largest absolute Gasteiger partial charge is 0.460 e. The van der Waals surface area contributed by atoms with E-state index in [4.69, 9.17) is 33.2 Å². The highest BCUT2D eigenvalue weighted by molar-refractivity contribution is 6.39. The SMILES string of the molecule is C=C1[C@H](C)C[C@H](C)/C=C/C=C/C=C(\C)[C@@H](OC)C[C@@H]2CC[C@@H](C)[C@@](O)(O2)C(=O)C(=O)N2CCCC[C@H]2C(=O)O[C@H]([C@H](C)C[C@@H]2CC[C@@H](OC(=O)CCCN3CCOCC3)[C@H](OC)C2)CC(=O)[C@H](C)/C=C(\C)[C@@H](O)[C@H]1OC. The van der Waals surface area contributed by atoms with Crippen LogP contribution in [0, 0.1) is 35.5 Å². The lowest BCUT2D eigenvalue weighted by molar-refractivity contribution is -0.265. The molecule has 16 heteroatoms. The topological polar surface area (TPSA) is 197 Å². The van der Waals surface area contributed by atoms with Gasteiger partial charge in [-0.05, 0) is 131 Å². The number of piperidine rings is 1. The maximum absolute atomic E-state index is 14.6. The van der Waals surface area contributed by atoms with Gasteiger partial charge in [0.1, 0.15) is 36.2 Å². The predicted molar refractivity (Wildman–Crippen MR) is 290 cm³/mol. The Morgan fingerprint density at radius 3 is 2.30 bits per heavy atom. The average molecular weight is 1070 g/mol. The van der Waals surface area contributed by atoms with Crippen molar-refractivity contribution in [2.45, 2.75) is 193 Å². The van der Waals surface area contributed by atoms with Crippen LogP contribution in [0.2, 0.25) is 0 Å². The maximum Gasteiger partial charge on any atom is 0.329 e. The summed E-state index contributed by atoms with van der Waals surface area (Å²) in [5.41, 5.74) is 2.18. The summed E-state index contributed by atoms with van der Waals surface area (Å²) < 4.78 is 41.7. The summed E-state index contributed by atoms with van der Waals surface area (Å²) in [7, 11) is 4.75. The van der Waals surface area contributed by atoms with Crippen LogP contribution in [0.25, 0.3) is 0 Å². The number of allylic oxidation sites excluding steroid dienone is 6. The number of rotatable bonds is 11. The molecule has 0 aromatic carbocycles. The highest BCUT2D eigenvalue weighted by Crippen LogP contribution is 2.38. The van der Waals surface area contributed by atoms with Gasteiger partial charge < -0.3 is 48.3 Å². The van der Waals surface area contributed by atoms with Gasteiger partial charge in [0, 0.05) is 72.1 Å². The normalized spacial score (nSPS) is 37.7. The number of carbonyl (C=O) groups excluding carboxylic acids is 5. The maximum atomic E-state index is 14.6. The zero-order valence-electron chi connectivity index (χ0n) is 47.6. The minimum Gasteiger partial charge on any atom is -0.460 e. The summed E-state index contributed by atoms with van der Waals surface area (Å²) in [5, 5.41) is 23.8. The van der Waals surface area contributed by atoms with Crippen molar-refractivity contribution in [2.24, 2.45) is 35.5 Å². The monoisotopic (exact) mass is 1070 g/mol. The first kappa shape index (κ1) is 63.0. The van der Waals surface area contributed by atoms with Crippen molar-refractivity contribution in [3.63, 3.8) is 0 Å². The van der Waals surface area contributed by atoms with Gasteiger partial charge in [0.05, 0.1) is 31.5 Å². The number of hydrogen-bond acceptors (Lipinski definition) is 15. The van der Waals surface area contributed by atoms with Crippen molar-refractivity contribution in [1.82, 2.24) is 9.80 Å². The number of amides is 1. The molecule has 0 unspecified atom stereocenters. The lowest BCUT2D eigenvalue weighted by atomic mass is 9.78. The van der Waals surface area contributed by atoms with Crippen molar-refractivity contribution in [3.05, 3.63) is 59.8 Å². The van der Waals surface area contributed by atoms with E-state index in [-0.39, 0.29) is 60.9 Å². The lowest BCUT2D eigenvalue weighted by Crippen LogP contribution is -2.61. The number of ketones is 2. The van der Waals surface area contributed by atoms with Crippen molar-refractivity contribution >= 4 is 29.4 Å². The standard InChI is InChI=1S/C60H94N2O14/c1-38-18-13-12-14-19-39(2)51(70-9)36-47-24-22-44(7)60(69,76-47)57(66)58(67)62-27-16-15-20-48(62)59(68)75-52(37-49(63)41(4)33-43(6)55(65)56(72-11)45(8)40(3)32-38)42(5)34-46-23-25-50(53(35-46)71-10)74-54(64)21-17-26-61-28-30-73-31-29-61/h12-14,18-19,33,38,40-42,44,46-48,50-53,55-56,65,69H,8,15-17,20-32,34-37H2,1-7,9-11H3/b14-12+,18-13+,39-19+,43-33+/t38-,40-,41-,42-,44-,46+,47+,48+,50-,51+,52+,53-,55-,56+,60-/m1/s1.